The van der Waals surface area contributed by atoms with Gasteiger partial charge in [0.05, 0.1) is 0 Å². The molecular formula is C28H40N2. The van der Waals surface area contributed by atoms with E-state index in [9.17, 15) is 0 Å². The van der Waals surface area contributed by atoms with Crippen molar-refractivity contribution in [1.82, 2.24) is 9.97 Å². The third-order valence-corrected chi connectivity index (χ3v) is 6.79. The van der Waals surface area contributed by atoms with Gasteiger partial charge in [0.25, 0.3) is 0 Å². The van der Waals surface area contributed by atoms with Crippen LogP contribution >= 0.6 is 0 Å². The SMILES string of the molecule is CC(C)c1ccc(C(C)(C)CCC(C)(C)c2ccc(C(C)(C)C)c3cc[nH]c23)cn1. The van der Waals surface area contributed by atoms with Crippen molar-refractivity contribution in [1.29, 1.82) is 0 Å². The average Bonchev–Trinajstić information content (AvgIpc) is 3.14. The summed E-state index contributed by atoms with van der Waals surface area (Å²) < 4.78 is 0. The first-order valence-corrected chi connectivity index (χ1v) is 11.4. The van der Waals surface area contributed by atoms with Crippen LogP contribution in [0.2, 0.25) is 0 Å². The Morgan fingerprint density at radius 1 is 0.800 bits per heavy atom. The maximum Gasteiger partial charge on any atom is 0.0494 e. The fraction of sp³-hybridized carbons (Fsp3) is 0.536. The lowest BCUT2D eigenvalue weighted by molar-refractivity contribution is 0.375. The number of hydrogen-bond acceptors (Lipinski definition) is 1. The molecule has 2 heteroatoms. The van der Waals surface area contributed by atoms with Gasteiger partial charge in [0.15, 0.2) is 0 Å². The van der Waals surface area contributed by atoms with Gasteiger partial charge in [-0.2, -0.15) is 0 Å². The topological polar surface area (TPSA) is 28.7 Å². The number of hydrogen-bond donors (Lipinski definition) is 1. The van der Waals surface area contributed by atoms with E-state index in [1.807, 2.05) is 0 Å². The normalized spacial score (nSPS) is 13.4. The number of benzene rings is 1. The molecule has 0 atom stereocenters. The Labute approximate surface area is 183 Å². The van der Waals surface area contributed by atoms with Crippen molar-refractivity contribution in [2.45, 2.75) is 97.3 Å². The summed E-state index contributed by atoms with van der Waals surface area (Å²) in [6.07, 6.45) is 6.41. The number of nitrogens with one attached hydrogen (secondary N) is 1. The van der Waals surface area contributed by atoms with Gasteiger partial charge >= 0.3 is 0 Å². The molecule has 2 aromatic heterocycles. The molecular weight excluding hydrogens is 364 g/mol. The number of nitrogens with zero attached hydrogens (tertiary/aromatic N) is 1. The lowest BCUT2D eigenvalue weighted by Crippen LogP contribution is -2.25. The van der Waals surface area contributed by atoms with E-state index >= 15 is 0 Å². The highest BCUT2D eigenvalue weighted by molar-refractivity contribution is 5.87. The number of fused-ring (bicyclic) bond motifs is 1. The molecule has 162 valence electrons. The highest BCUT2D eigenvalue weighted by atomic mass is 14.7. The van der Waals surface area contributed by atoms with Crippen LogP contribution in [0.25, 0.3) is 10.9 Å². The summed E-state index contributed by atoms with van der Waals surface area (Å²) in [5, 5.41) is 1.36. The summed E-state index contributed by atoms with van der Waals surface area (Å²) >= 11 is 0. The van der Waals surface area contributed by atoms with E-state index in [0.29, 0.717) is 5.92 Å². The molecule has 0 saturated heterocycles. The van der Waals surface area contributed by atoms with Crippen LogP contribution < -0.4 is 0 Å². The summed E-state index contributed by atoms with van der Waals surface area (Å²) in [5.41, 5.74) is 6.95. The standard InChI is InChI=1S/C28H40N2/c1-19(2)24-13-10-20(18-30-24)27(6,7)15-16-28(8,9)23-12-11-22(26(3,4)5)21-14-17-29-25(21)23/h10-14,17-19,29H,15-16H2,1-9H3. The van der Waals surface area contributed by atoms with Crippen LogP contribution in [0.15, 0.2) is 42.7 Å². The minimum absolute atomic E-state index is 0.0854. The quantitative estimate of drug-likeness (QED) is 0.442. The second-order valence-corrected chi connectivity index (χ2v) is 11.6. The minimum atomic E-state index is 0.0854. The first-order chi connectivity index (χ1) is 13.8. The van der Waals surface area contributed by atoms with E-state index in [-0.39, 0.29) is 16.2 Å². The number of aromatic nitrogens is 2. The number of H-pyrrole nitrogens is 1. The molecule has 0 radical (unpaired) electrons. The van der Waals surface area contributed by atoms with Crippen LogP contribution in [0, 0.1) is 0 Å². The minimum Gasteiger partial charge on any atom is -0.361 e. The van der Waals surface area contributed by atoms with E-state index in [1.54, 1.807) is 0 Å². The highest BCUT2D eigenvalue weighted by Gasteiger charge is 2.30. The first-order valence-electron chi connectivity index (χ1n) is 11.4. The van der Waals surface area contributed by atoms with Gasteiger partial charge < -0.3 is 4.98 Å². The predicted octanol–water partition coefficient (Wildman–Crippen LogP) is 8.02. The van der Waals surface area contributed by atoms with E-state index in [0.717, 1.165) is 12.8 Å². The van der Waals surface area contributed by atoms with Gasteiger partial charge in [-0.25, -0.2) is 0 Å². The van der Waals surface area contributed by atoms with Crippen molar-refractivity contribution in [2.24, 2.45) is 0 Å². The molecule has 0 spiro atoms. The summed E-state index contributed by atoms with van der Waals surface area (Å²) in [5.74, 6) is 0.473. The van der Waals surface area contributed by atoms with Crippen molar-refractivity contribution in [3.05, 3.63) is 65.1 Å². The predicted molar refractivity (Wildman–Crippen MR) is 131 cm³/mol. The molecule has 0 aliphatic heterocycles. The van der Waals surface area contributed by atoms with Gasteiger partial charge in [0.2, 0.25) is 0 Å². The lowest BCUT2D eigenvalue weighted by Gasteiger charge is -2.33. The van der Waals surface area contributed by atoms with Gasteiger partial charge in [0, 0.05) is 29.0 Å². The summed E-state index contributed by atoms with van der Waals surface area (Å²) in [7, 11) is 0. The molecule has 1 N–H and O–H groups in total. The molecule has 30 heavy (non-hydrogen) atoms. The molecule has 0 amide bonds. The van der Waals surface area contributed by atoms with Crippen molar-refractivity contribution in [3.63, 3.8) is 0 Å². The van der Waals surface area contributed by atoms with Crippen LogP contribution in [0.3, 0.4) is 0 Å². The maximum atomic E-state index is 4.71. The maximum absolute atomic E-state index is 4.71. The van der Waals surface area contributed by atoms with Crippen LogP contribution in [-0.2, 0) is 16.2 Å². The fourth-order valence-electron chi connectivity index (χ4n) is 4.43. The van der Waals surface area contributed by atoms with E-state index in [2.05, 4.69) is 110 Å². The number of aromatic amines is 1. The largest absolute Gasteiger partial charge is 0.361 e. The molecule has 1 aromatic carbocycles. The van der Waals surface area contributed by atoms with Crippen molar-refractivity contribution < 1.29 is 0 Å². The molecule has 0 aliphatic rings. The van der Waals surface area contributed by atoms with Crippen LogP contribution in [0.1, 0.15) is 103 Å². The van der Waals surface area contributed by atoms with Crippen LogP contribution in [-0.4, -0.2) is 9.97 Å². The molecule has 0 bridgehead atoms. The zero-order valence-corrected chi connectivity index (χ0v) is 20.5. The number of pyridine rings is 1. The van der Waals surface area contributed by atoms with Crippen molar-refractivity contribution in [3.8, 4) is 0 Å². The molecule has 0 saturated carbocycles. The van der Waals surface area contributed by atoms with Gasteiger partial charge in [-0.1, -0.05) is 80.5 Å². The van der Waals surface area contributed by atoms with Crippen molar-refractivity contribution >= 4 is 10.9 Å². The van der Waals surface area contributed by atoms with Gasteiger partial charge in [-0.05, 0) is 63.8 Å². The fourth-order valence-corrected chi connectivity index (χ4v) is 4.43. The highest BCUT2D eigenvalue weighted by Crippen LogP contribution is 2.40. The monoisotopic (exact) mass is 404 g/mol. The van der Waals surface area contributed by atoms with Gasteiger partial charge in [0.1, 0.15) is 0 Å². The van der Waals surface area contributed by atoms with Gasteiger partial charge in [-0.15, -0.1) is 0 Å². The molecule has 0 fully saturated rings. The Morgan fingerprint density at radius 2 is 1.43 bits per heavy atom. The Balaban J connectivity index is 1.85. The summed E-state index contributed by atoms with van der Waals surface area (Å²) in [6.45, 7) is 20.7. The Morgan fingerprint density at radius 3 is 2.00 bits per heavy atom. The Bertz CT molecular complexity index is 995. The average molecular weight is 405 g/mol. The molecule has 3 rings (SSSR count). The molecule has 2 nitrogen and oxygen atoms in total. The van der Waals surface area contributed by atoms with Crippen molar-refractivity contribution in [2.75, 3.05) is 0 Å². The van der Waals surface area contributed by atoms with Crippen LogP contribution in [0.4, 0.5) is 0 Å². The molecule has 0 unspecified atom stereocenters. The van der Waals surface area contributed by atoms with Gasteiger partial charge in [-0.3, -0.25) is 4.98 Å². The molecule has 0 aliphatic carbocycles. The number of rotatable bonds is 6. The zero-order chi connectivity index (χ0) is 22.3. The molecule has 3 aromatic rings. The lowest BCUT2D eigenvalue weighted by atomic mass is 9.72. The second-order valence-electron chi connectivity index (χ2n) is 11.6. The zero-order valence-electron chi connectivity index (χ0n) is 20.5. The van der Waals surface area contributed by atoms with Crippen LogP contribution in [0.5, 0.6) is 0 Å². The summed E-state index contributed by atoms with van der Waals surface area (Å²) in [6, 6.07) is 11.4. The smallest absolute Gasteiger partial charge is 0.0494 e. The van der Waals surface area contributed by atoms with E-state index in [1.165, 1.54) is 33.3 Å². The third kappa shape index (κ3) is 4.48. The summed E-state index contributed by atoms with van der Waals surface area (Å²) in [4.78, 5) is 8.25. The Kier molecular flexibility index (Phi) is 5.93. The second kappa shape index (κ2) is 7.87. The third-order valence-electron chi connectivity index (χ3n) is 6.79. The van der Waals surface area contributed by atoms with E-state index < -0.39 is 0 Å². The van der Waals surface area contributed by atoms with E-state index in [4.69, 9.17) is 4.98 Å². The molecule has 2 heterocycles. The first kappa shape index (κ1) is 22.6. The Hall–Kier alpha value is -2.09.